The number of aliphatic carboxylic acids is 1. The number of carbonyl (C=O) groups is 6. The first-order valence-electron chi connectivity index (χ1n) is 20.1. The van der Waals surface area contributed by atoms with Crippen LogP contribution < -0.4 is 44.6 Å². The molecular weight excluding hydrogens is 765 g/mol. The summed E-state index contributed by atoms with van der Waals surface area (Å²) in [6.07, 6.45) is 2.43. The number of nitrogens with one attached hydrogen (secondary N) is 3. The van der Waals surface area contributed by atoms with Crippen LogP contribution in [-0.2, 0) is 35.2 Å². The number of likely N-dealkylation sites (N-methyl/N-ethyl adjacent to an activating group) is 1. The molecule has 1 fully saturated rings. The van der Waals surface area contributed by atoms with Gasteiger partial charge in [0, 0.05) is 33.1 Å². The molecule has 0 bridgehead atoms. The first-order valence-corrected chi connectivity index (χ1v) is 20.1. The van der Waals surface area contributed by atoms with Crippen molar-refractivity contribution in [3.05, 3.63) is 29.8 Å². The minimum atomic E-state index is -1.26. The number of carboxylic acid groups (broad SMARTS) is 1. The molecule has 15 N–H and O–H groups in total. The number of rotatable bonds is 24. The molecule has 0 aromatic heterocycles. The highest BCUT2D eigenvalue weighted by atomic mass is 16.4. The largest absolute Gasteiger partial charge is 0.508 e. The Kier molecular flexibility index (Phi) is 20.4. The van der Waals surface area contributed by atoms with Crippen LogP contribution in [0.15, 0.2) is 34.3 Å². The van der Waals surface area contributed by atoms with Gasteiger partial charge in [0.2, 0.25) is 29.5 Å². The van der Waals surface area contributed by atoms with E-state index >= 15 is 0 Å². The molecule has 1 aliphatic heterocycles. The van der Waals surface area contributed by atoms with Crippen LogP contribution in [0, 0.1) is 11.8 Å². The topological polar surface area (TPSA) is 340 Å². The van der Waals surface area contributed by atoms with Gasteiger partial charge in [0.05, 0.1) is 6.04 Å². The molecule has 1 heterocycles. The Morgan fingerprint density at radius 2 is 1.47 bits per heavy atom. The molecular formula is C39H66N12O8. The average Bonchev–Trinajstić information content (AvgIpc) is 3.67. The number of carbonyl (C=O) groups excluding carboxylic acids is 5. The molecule has 1 saturated heterocycles. The van der Waals surface area contributed by atoms with Crippen molar-refractivity contribution < 1.29 is 39.0 Å². The molecule has 330 valence electrons. The summed E-state index contributed by atoms with van der Waals surface area (Å²) in [5, 5.41) is 27.7. The molecule has 1 aliphatic rings. The van der Waals surface area contributed by atoms with E-state index in [2.05, 4.69) is 25.9 Å². The maximum atomic E-state index is 14.4. The van der Waals surface area contributed by atoms with Crippen LogP contribution in [0.2, 0.25) is 0 Å². The molecule has 7 atom stereocenters. The van der Waals surface area contributed by atoms with Gasteiger partial charge in [-0.2, -0.15) is 0 Å². The number of nitrogens with two attached hydrogens (primary N) is 5. The average molecular weight is 831 g/mol. The Morgan fingerprint density at radius 3 is 2.02 bits per heavy atom. The van der Waals surface area contributed by atoms with Gasteiger partial charge in [0.25, 0.3) is 0 Å². The summed E-state index contributed by atoms with van der Waals surface area (Å²) in [4.78, 5) is 92.2. The zero-order valence-corrected chi connectivity index (χ0v) is 34.9. The van der Waals surface area contributed by atoms with E-state index in [1.165, 1.54) is 29.0 Å². The fourth-order valence-electron chi connectivity index (χ4n) is 6.78. The van der Waals surface area contributed by atoms with E-state index in [9.17, 15) is 39.0 Å². The van der Waals surface area contributed by atoms with Crippen molar-refractivity contribution in [3.8, 4) is 5.75 Å². The van der Waals surface area contributed by atoms with Crippen molar-refractivity contribution in [2.45, 2.75) is 122 Å². The molecule has 20 nitrogen and oxygen atoms in total. The zero-order chi connectivity index (χ0) is 44.4. The number of hydrogen-bond acceptors (Lipinski definition) is 10. The van der Waals surface area contributed by atoms with Gasteiger partial charge in [0.15, 0.2) is 11.9 Å². The predicted molar refractivity (Wildman–Crippen MR) is 223 cm³/mol. The van der Waals surface area contributed by atoms with E-state index in [0.29, 0.717) is 31.2 Å². The highest BCUT2D eigenvalue weighted by Gasteiger charge is 2.41. The fourth-order valence-corrected chi connectivity index (χ4v) is 6.78. The molecule has 59 heavy (non-hydrogen) atoms. The first kappa shape index (κ1) is 49.5. The number of amides is 5. The number of aromatic hydroxyl groups is 1. The van der Waals surface area contributed by atoms with Crippen molar-refractivity contribution in [1.29, 1.82) is 0 Å². The Morgan fingerprint density at radius 1 is 0.881 bits per heavy atom. The van der Waals surface area contributed by atoms with E-state index in [1.807, 2.05) is 20.8 Å². The minimum absolute atomic E-state index is 0.00927. The summed E-state index contributed by atoms with van der Waals surface area (Å²) in [6, 6.07) is -0.572. The number of nitrogens with zero attached hydrogens (tertiary/aromatic N) is 4. The van der Waals surface area contributed by atoms with Crippen molar-refractivity contribution >= 4 is 47.4 Å². The van der Waals surface area contributed by atoms with Crippen LogP contribution >= 0.6 is 0 Å². The summed E-state index contributed by atoms with van der Waals surface area (Å²) in [5.74, 6) is -4.92. The fraction of sp³-hybridized carbons (Fsp3) is 0.641. The summed E-state index contributed by atoms with van der Waals surface area (Å²) in [6.45, 7) is 7.86. The third kappa shape index (κ3) is 16.3. The Bertz CT molecular complexity index is 1630. The minimum Gasteiger partial charge on any atom is -0.508 e. The number of likely N-dealkylation sites (tertiary alicyclic amines) is 1. The van der Waals surface area contributed by atoms with Crippen LogP contribution in [0.5, 0.6) is 5.75 Å². The highest BCUT2D eigenvalue weighted by Crippen LogP contribution is 2.23. The lowest BCUT2D eigenvalue weighted by molar-refractivity contribution is -0.148. The molecule has 1 aromatic carbocycles. The van der Waals surface area contributed by atoms with Crippen LogP contribution in [0.1, 0.15) is 84.6 Å². The number of carboxylic acids is 1. The van der Waals surface area contributed by atoms with Gasteiger partial charge in [-0.1, -0.05) is 46.2 Å². The number of benzene rings is 1. The number of phenolic OH excluding ortho intramolecular Hbond substituents is 1. The van der Waals surface area contributed by atoms with E-state index in [0.717, 1.165) is 0 Å². The smallest absolute Gasteiger partial charge is 0.326 e. The van der Waals surface area contributed by atoms with Crippen LogP contribution in [0.4, 0.5) is 0 Å². The van der Waals surface area contributed by atoms with Gasteiger partial charge in [-0.3, -0.25) is 34.0 Å². The Labute approximate surface area is 346 Å². The molecule has 0 radical (unpaired) electrons. The van der Waals surface area contributed by atoms with Crippen molar-refractivity contribution in [2.24, 2.45) is 50.5 Å². The van der Waals surface area contributed by atoms with Crippen LogP contribution in [0.3, 0.4) is 0 Å². The molecule has 1 aromatic rings. The second-order valence-electron chi connectivity index (χ2n) is 15.5. The molecule has 2 rings (SSSR count). The molecule has 0 spiro atoms. The predicted octanol–water partition coefficient (Wildman–Crippen LogP) is -1.18. The van der Waals surface area contributed by atoms with Crippen molar-refractivity contribution in [2.75, 3.05) is 26.7 Å². The van der Waals surface area contributed by atoms with Gasteiger partial charge < -0.3 is 64.6 Å². The number of aliphatic imine (C=N–C) groups is 2. The lowest BCUT2D eigenvalue weighted by atomic mass is 9.96. The molecule has 0 aliphatic carbocycles. The van der Waals surface area contributed by atoms with Gasteiger partial charge in [0.1, 0.15) is 36.0 Å². The summed E-state index contributed by atoms with van der Waals surface area (Å²) >= 11 is 0. The Balaban J connectivity index is 2.40. The summed E-state index contributed by atoms with van der Waals surface area (Å²) < 4.78 is 0. The van der Waals surface area contributed by atoms with Gasteiger partial charge in [-0.15, -0.1) is 0 Å². The van der Waals surface area contributed by atoms with Gasteiger partial charge in [-0.25, -0.2) is 4.79 Å². The molecule has 0 saturated carbocycles. The Hall–Kier alpha value is -5.66. The first-order chi connectivity index (χ1) is 27.8. The van der Waals surface area contributed by atoms with E-state index in [1.54, 1.807) is 19.1 Å². The van der Waals surface area contributed by atoms with Crippen LogP contribution in [0.25, 0.3) is 0 Å². The highest BCUT2D eigenvalue weighted by molar-refractivity contribution is 5.97. The lowest BCUT2D eigenvalue weighted by Crippen LogP contribution is -2.60. The lowest BCUT2D eigenvalue weighted by Gasteiger charge is -2.34. The third-order valence-electron chi connectivity index (χ3n) is 10.3. The molecule has 7 unspecified atom stereocenters. The normalized spacial score (nSPS) is 16.7. The quantitative estimate of drug-likeness (QED) is 0.0334. The SMILES string of the molecule is CCC(C)C(NC(=O)C(Cc1ccc(O)cc1)NC(=O)C1CCCN1C(=O)C(CCCN=C(N)N)N(C)C(=O)C(N)CCCN=C(N)N)C(=O)NC(CC(C)C)C(=O)O. The van der Waals surface area contributed by atoms with E-state index < -0.39 is 77.7 Å². The number of phenols is 1. The second-order valence-corrected chi connectivity index (χ2v) is 15.5. The zero-order valence-electron chi connectivity index (χ0n) is 34.9. The summed E-state index contributed by atoms with van der Waals surface area (Å²) in [7, 11) is 1.47. The monoisotopic (exact) mass is 831 g/mol. The molecule has 20 heteroatoms. The standard InChI is InChI=1S/C39H66N12O8/c1-6-23(4)31(34(55)48-28(37(58)59)20-22(2)3)49-32(53)27(21-24-13-15-25(52)16-14-24)47-33(54)29-12-9-19-51(29)36(57)30(11-8-18-46-39(43)44)50(5)35(56)26(40)10-7-17-45-38(41)42/h13-16,22-23,26-31,52H,6-12,17-21,40H2,1-5H3,(H,47,54)(H,48,55)(H,49,53)(H,58,59)(H4,41,42,45)(H4,43,44,46). The van der Waals surface area contributed by atoms with Crippen LogP contribution in [-0.4, -0.2) is 130 Å². The number of hydrogen-bond donors (Lipinski definition) is 10. The van der Waals surface area contributed by atoms with Gasteiger partial charge in [-0.05, 0) is 74.5 Å². The van der Waals surface area contributed by atoms with E-state index in [-0.39, 0.29) is 75.3 Å². The maximum Gasteiger partial charge on any atom is 0.326 e. The van der Waals surface area contributed by atoms with Crippen molar-refractivity contribution in [1.82, 2.24) is 25.8 Å². The van der Waals surface area contributed by atoms with Gasteiger partial charge >= 0.3 is 5.97 Å². The number of guanidine groups is 2. The maximum absolute atomic E-state index is 14.4. The summed E-state index contributed by atoms with van der Waals surface area (Å²) in [5.41, 5.74) is 28.6. The van der Waals surface area contributed by atoms with E-state index in [4.69, 9.17) is 28.7 Å². The molecule has 5 amide bonds. The second kappa shape index (κ2) is 24.3. The third-order valence-corrected chi connectivity index (χ3v) is 10.3. The van der Waals surface area contributed by atoms with Crippen molar-refractivity contribution in [3.63, 3.8) is 0 Å².